The third-order valence-corrected chi connectivity index (χ3v) is 18.8. The Morgan fingerprint density at radius 2 is 1.24 bits per heavy atom. The van der Waals surface area contributed by atoms with Crippen LogP contribution in [-0.2, 0) is 13.1 Å². The molecule has 0 bridgehead atoms. The number of ether oxygens (including phenoxy) is 1. The molecule has 0 saturated carbocycles. The molecule has 0 amide bonds. The fourth-order valence-corrected chi connectivity index (χ4v) is 13.8. The minimum atomic E-state index is -0.152. The second-order valence-corrected chi connectivity index (χ2v) is 24.8. The van der Waals surface area contributed by atoms with Gasteiger partial charge in [0.05, 0.1) is 28.8 Å². The highest BCUT2D eigenvalue weighted by Crippen LogP contribution is 2.41. The minimum absolute atomic E-state index is 0.115. The Hall–Kier alpha value is -7.65. The number of unbranched alkanes of at least 4 members (excludes halogenated alkanes) is 5. The number of thioether (sulfide) groups is 1. The average molecular weight is 1170 g/mol. The van der Waals surface area contributed by atoms with Gasteiger partial charge >= 0.3 is 0 Å². The van der Waals surface area contributed by atoms with Crippen LogP contribution >= 0.6 is 46.2 Å². The lowest BCUT2D eigenvalue weighted by atomic mass is 9.84. The number of hydrogen-bond donors (Lipinski definition) is 0. The summed E-state index contributed by atoms with van der Waals surface area (Å²) in [6.07, 6.45) is 15.9. The van der Waals surface area contributed by atoms with Crippen molar-refractivity contribution in [3.63, 3.8) is 0 Å². The predicted molar refractivity (Wildman–Crippen MR) is 346 cm³/mol. The Bertz CT molecular complexity index is 3890. The maximum atomic E-state index is 6.41. The van der Waals surface area contributed by atoms with E-state index in [-0.39, 0.29) is 12.1 Å². The van der Waals surface area contributed by atoms with Crippen molar-refractivity contribution in [2.24, 2.45) is 20.7 Å². The summed E-state index contributed by atoms with van der Waals surface area (Å²) in [5.41, 5.74) is 15.2. The molecule has 9 aromatic rings. The van der Waals surface area contributed by atoms with Crippen molar-refractivity contribution >= 4 is 69.6 Å². The van der Waals surface area contributed by atoms with Crippen LogP contribution in [-0.4, -0.2) is 49.2 Å². The zero-order chi connectivity index (χ0) is 56.7. The molecular weight excluding hydrogens is 1100 g/mol. The zero-order valence-corrected chi connectivity index (χ0v) is 50.8. The van der Waals surface area contributed by atoms with Crippen molar-refractivity contribution in [3.8, 4) is 50.3 Å². The highest BCUT2D eigenvalue weighted by atomic mass is 32.2. The molecule has 2 aliphatic rings. The number of nitrogens with zero attached hydrogens (tertiary/aromatic N) is 8. The Labute approximate surface area is 505 Å². The minimum Gasteiger partial charge on any atom is -0.492 e. The first-order valence-electron chi connectivity index (χ1n) is 28.9. The van der Waals surface area contributed by atoms with Crippen LogP contribution in [0, 0.1) is 30.6 Å². The van der Waals surface area contributed by atoms with Gasteiger partial charge in [-0.1, -0.05) is 167 Å². The van der Waals surface area contributed by atoms with Gasteiger partial charge in [0.25, 0.3) is 6.04 Å². The number of fused-ring (bicyclic) bond motifs is 1. The summed E-state index contributed by atoms with van der Waals surface area (Å²) in [5.74, 6) is 16.3. The lowest BCUT2D eigenvalue weighted by molar-refractivity contribution is -0.548. The number of thiophene rings is 2. The van der Waals surface area contributed by atoms with Crippen molar-refractivity contribution in [1.82, 2.24) is 8.75 Å². The lowest BCUT2D eigenvalue weighted by Crippen LogP contribution is -2.10. The number of aromatic nitrogens is 2. The standard InChI is InChI=1S/C70H68N8OS4/c1-5-7-8-9-10-14-39-79-65-43-58(33-21-50-16-12-11-13-17-50)49(3)41-59(65)34-22-51-19-31-57(32-20-51)63-46-77(75-71-63)44-52-23-27-55(28-24-52)54(6-2)42-60(48-80-4)56-29-25-53(26-30-56)45-78-47-64(72-76-78)68-38-37-67(82-68)62-36-35-61(66-18-15-40-81-66)69-70(62)74-83-73-69/h11-13,15-20,23-32,35-38,40-41,43,46-47,54,60,63-64H,5-10,14,39,42,44-45,48H2,1-4H3/q+2. The van der Waals surface area contributed by atoms with Gasteiger partial charge in [0, 0.05) is 53.4 Å². The highest BCUT2D eigenvalue weighted by Gasteiger charge is 2.28. The Morgan fingerprint density at radius 1 is 0.602 bits per heavy atom. The van der Waals surface area contributed by atoms with E-state index in [0.29, 0.717) is 31.5 Å². The van der Waals surface area contributed by atoms with E-state index in [4.69, 9.17) is 9.11 Å². The van der Waals surface area contributed by atoms with E-state index in [2.05, 4.69) is 215 Å². The molecule has 11 rings (SSSR count). The molecule has 83 heavy (non-hydrogen) atoms. The number of hydrogen-bond acceptors (Lipinski definition) is 11. The van der Waals surface area contributed by atoms with Crippen LogP contribution in [0.5, 0.6) is 5.75 Å². The maximum absolute atomic E-state index is 6.41. The van der Waals surface area contributed by atoms with Crippen LogP contribution in [0.2, 0.25) is 0 Å². The molecule has 0 aliphatic carbocycles. The second-order valence-electron chi connectivity index (χ2n) is 21.3. The van der Waals surface area contributed by atoms with Gasteiger partial charge in [-0.2, -0.15) is 20.5 Å². The van der Waals surface area contributed by atoms with Gasteiger partial charge in [0.15, 0.2) is 0 Å². The van der Waals surface area contributed by atoms with Crippen LogP contribution in [0.1, 0.15) is 150 Å². The molecule has 5 heterocycles. The number of rotatable bonds is 23. The molecule has 9 nitrogen and oxygen atoms in total. The normalized spacial score (nSPS) is 15.1. The highest BCUT2D eigenvalue weighted by molar-refractivity contribution is 7.98. The van der Waals surface area contributed by atoms with E-state index in [0.717, 1.165) is 96.1 Å². The molecule has 6 aromatic carbocycles. The van der Waals surface area contributed by atoms with E-state index < -0.39 is 0 Å². The van der Waals surface area contributed by atoms with Gasteiger partial charge < -0.3 is 4.74 Å². The molecule has 4 atom stereocenters. The molecule has 0 saturated heterocycles. The van der Waals surface area contributed by atoms with Crippen LogP contribution in [0.25, 0.3) is 31.9 Å². The van der Waals surface area contributed by atoms with Crippen molar-refractivity contribution in [3.05, 3.63) is 218 Å². The quantitative estimate of drug-likeness (QED) is 0.0362. The van der Waals surface area contributed by atoms with Crippen molar-refractivity contribution in [2.75, 3.05) is 18.6 Å². The van der Waals surface area contributed by atoms with Gasteiger partial charge in [0.2, 0.25) is 6.04 Å². The smallest absolute Gasteiger partial charge is 0.256 e. The fourth-order valence-electron chi connectivity index (χ4n) is 10.7. The molecular formula is C70H68N8OS4+2. The molecule has 2 aliphatic heterocycles. The monoisotopic (exact) mass is 1160 g/mol. The summed E-state index contributed by atoms with van der Waals surface area (Å²) in [6.45, 7) is 8.65. The molecule has 3 aromatic heterocycles. The zero-order valence-electron chi connectivity index (χ0n) is 47.6. The average Bonchev–Trinajstić information content (AvgIpc) is 4.60. The first-order valence-corrected chi connectivity index (χ1v) is 32.8. The van der Waals surface area contributed by atoms with Crippen LogP contribution in [0.15, 0.2) is 178 Å². The molecule has 0 radical (unpaired) electrons. The van der Waals surface area contributed by atoms with Gasteiger partial charge in [-0.15, -0.1) is 32.0 Å². The number of aryl methyl sites for hydroxylation is 1. The summed E-state index contributed by atoms with van der Waals surface area (Å²) in [7, 11) is 0. The van der Waals surface area contributed by atoms with E-state index in [1.165, 1.54) is 71.0 Å². The van der Waals surface area contributed by atoms with Crippen molar-refractivity contribution in [2.45, 2.75) is 109 Å². The molecule has 4 unspecified atom stereocenters. The molecule has 0 N–H and O–H groups in total. The van der Waals surface area contributed by atoms with E-state index >= 15 is 0 Å². The molecule has 0 fully saturated rings. The third kappa shape index (κ3) is 14.6. The van der Waals surface area contributed by atoms with E-state index in [1.54, 1.807) is 22.7 Å². The van der Waals surface area contributed by atoms with Gasteiger partial charge in [-0.3, -0.25) is 0 Å². The summed E-state index contributed by atoms with van der Waals surface area (Å²) >= 11 is 6.66. The largest absolute Gasteiger partial charge is 0.492 e. The number of benzene rings is 6. The summed E-state index contributed by atoms with van der Waals surface area (Å²) in [5, 5.41) is 20.6. The summed E-state index contributed by atoms with van der Waals surface area (Å²) in [6, 6.07) is 53.6. The van der Waals surface area contributed by atoms with Gasteiger partial charge in [-0.25, -0.2) is 0 Å². The van der Waals surface area contributed by atoms with Crippen LogP contribution in [0.4, 0.5) is 0 Å². The Kier molecular flexibility index (Phi) is 19.3. The van der Waals surface area contributed by atoms with Crippen LogP contribution < -0.4 is 4.74 Å². The topological polar surface area (TPSA) is 90.5 Å². The summed E-state index contributed by atoms with van der Waals surface area (Å²) in [4.78, 5) is 3.53. The molecule has 0 spiro atoms. The Balaban J connectivity index is 0.679. The van der Waals surface area contributed by atoms with Gasteiger partial charge in [0.1, 0.15) is 52.7 Å². The third-order valence-electron chi connectivity index (χ3n) is 15.4. The first kappa shape index (κ1) is 57.2. The summed E-state index contributed by atoms with van der Waals surface area (Å²) < 4.78 is 19.7. The molecule has 416 valence electrons. The molecule has 13 heteroatoms. The van der Waals surface area contributed by atoms with E-state index in [9.17, 15) is 0 Å². The van der Waals surface area contributed by atoms with Crippen LogP contribution in [0.3, 0.4) is 0 Å². The lowest BCUT2D eigenvalue weighted by Gasteiger charge is -2.23. The first-order chi connectivity index (χ1) is 40.9. The Morgan fingerprint density at radius 3 is 1.92 bits per heavy atom. The van der Waals surface area contributed by atoms with Crippen molar-refractivity contribution < 1.29 is 14.1 Å². The van der Waals surface area contributed by atoms with E-state index in [1.807, 2.05) is 51.5 Å². The second kappa shape index (κ2) is 28.1. The maximum Gasteiger partial charge on any atom is 0.256 e. The van der Waals surface area contributed by atoms with Crippen molar-refractivity contribution in [1.29, 1.82) is 0 Å². The fraction of sp³-hybridized carbons (Fsp3) is 0.286. The predicted octanol–water partition coefficient (Wildman–Crippen LogP) is 18.4. The van der Waals surface area contributed by atoms with Gasteiger partial charge in [-0.05, 0) is 138 Å². The SMILES string of the molecule is CCCCCCCCOc1cc(C#Cc2ccccc2)c(C)cc1C#Cc1ccc(C2C=[N+](Cc3ccc(C(CC)CC(CSC)c4ccc(C[N+]5=CC(c6ccc(-c7ccc(-c8cccs8)c8nsnc78)s6)N=N5)cc4)cc3)N=N2)cc1.